The summed E-state index contributed by atoms with van der Waals surface area (Å²) in [5, 5.41) is 11.4. The number of carbonyl (C=O) groups excluding carboxylic acids is 1. The number of halogens is 2. The zero-order valence-corrected chi connectivity index (χ0v) is 12.4. The molecule has 0 atom stereocenters. The standard InChI is InChI=1S/C15H10BrFN2O2/c16-12-6-5-11(17)7-13(12)19-15(20)9-21-14-4-2-1-3-10(14)8-18/h1-7H,9H2,(H,19,20). The Morgan fingerprint density at radius 3 is 2.86 bits per heavy atom. The summed E-state index contributed by atoms with van der Waals surface area (Å²) in [6, 6.07) is 12.5. The summed E-state index contributed by atoms with van der Waals surface area (Å²) in [7, 11) is 0. The van der Waals surface area contributed by atoms with Gasteiger partial charge in [0.1, 0.15) is 17.6 Å². The van der Waals surface area contributed by atoms with Gasteiger partial charge in [-0.25, -0.2) is 4.39 Å². The maximum Gasteiger partial charge on any atom is 0.262 e. The van der Waals surface area contributed by atoms with E-state index in [-0.39, 0.29) is 6.61 Å². The van der Waals surface area contributed by atoms with Crippen molar-refractivity contribution in [2.75, 3.05) is 11.9 Å². The monoisotopic (exact) mass is 348 g/mol. The molecule has 0 heterocycles. The number of rotatable bonds is 4. The second-order valence-electron chi connectivity index (χ2n) is 4.07. The fourth-order valence-electron chi connectivity index (χ4n) is 1.61. The SMILES string of the molecule is N#Cc1ccccc1OCC(=O)Nc1cc(F)ccc1Br. The van der Waals surface area contributed by atoms with E-state index in [2.05, 4.69) is 21.2 Å². The summed E-state index contributed by atoms with van der Waals surface area (Å²) in [5.74, 6) is -0.577. The maximum absolute atomic E-state index is 13.1. The van der Waals surface area contributed by atoms with Crippen molar-refractivity contribution in [3.8, 4) is 11.8 Å². The largest absolute Gasteiger partial charge is 0.482 e. The van der Waals surface area contributed by atoms with E-state index in [1.165, 1.54) is 18.2 Å². The lowest BCUT2D eigenvalue weighted by Crippen LogP contribution is -2.20. The van der Waals surface area contributed by atoms with Crippen molar-refractivity contribution < 1.29 is 13.9 Å². The molecule has 2 aromatic rings. The molecule has 0 aliphatic heterocycles. The van der Waals surface area contributed by atoms with Crippen molar-refractivity contribution in [1.82, 2.24) is 0 Å². The van der Waals surface area contributed by atoms with Gasteiger partial charge >= 0.3 is 0 Å². The Hall–Kier alpha value is -2.39. The van der Waals surface area contributed by atoms with Crippen molar-refractivity contribution in [2.45, 2.75) is 0 Å². The maximum atomic E-state index is 13.1. The minimum Gasteiger partial charge on any atom is -0.482 e. The Labute approximate surface area is 129 Å². The first-order valence-corrected chi connectivity index (χ1v) is 6.76. The molecule has 0 bridgehead atoms. The Balaban J connectivity index is 2.00. The number of ether oxygens (including phenoxy) is 1. The molecule has 0 fully saturated rings. The van der Waals surface area contributed by atoms with Crippen molar-refractivity contribution in [3.63, 3.8) is 0 Å². The number of amides is 1. The van der Waals surface area contributed by atoms with Crippen LogP contribution in [0.25, 0.3) is 0 Å². The summed E-state index contributed by atoms with van der Waals surface area (Å²) < 4.78 is 19.0. The number of anilines is 1. The number of para-hydroxylation sites is 1. The molecule has 4 nitrogen and oxygen atoms in total. The van der Waals surface area contributed by atoms with E-state index in [4.69, 9.17) is 10.00 Å². The second kappa shape index (κ2) is 6.86. The van der Waals surface area contributed by atoms with E-state index < -0.39 is 11.7 Å². The van der Waals surface area contributed by atoms with Crippen LogP contribution in [0.15, 0.2) is 46.9 Å². The van der Waals surface area contributed by atoms with Gasteiger partial charge in [-0.05, 0) is 46.3 Å². The topological polar surface area (TPSA) is 62.1 Å². The molecule has 0 spiro atoms. The van der Waals surface area contributed by atoms with Crippen molar-refractivity contribution in [2.24, 2.45) is 0 Å². The minimum atomic E-state index is -0.454. The van der Waals surface area contributed by atoms with Crippen LogP contribution in [-0.4, -0.2) is 12.5 Å². The van der Waals surface area contributed by atoms with Crippen LogP contribution in [0.3, 0.4) is 0 Å². The molecule has 1 N–H and O–H groups in total. The molecule has 0 saturated heterocycles. The van der Waals surface area contributed by atoms with Crippen LogP contribution in [0, 0.1) is 17.1 Å². The molecule has 0 radical (unpaired) electrons. The summed E-state index contributed by atoms with van der Waals surface area (Å²) in [5.41, 5.74) is 0.661. The molecular formula is C15H10BrFN2O2. The van der Waals surface area contributed by atoms with Crippen LogP contribution >= 0.6 is 15.9 Å². The molecular weight excluding hydrogens is 339 g/mol. The van der Waals surface area contributed by atoms with Gasteiger partial charge in [0.05, 0.1) is 11.3 Å². The molecule has 0 saturated carbocycles. The first-order valence-electron chi connectivity index (χ1n) is 5.97. The van der Waals surface area contributed by atoms with E-state index >= 15 is 0 Å². The smallest absolute Gasteiger partial charge is 0.262 e. The highest BCUT2D eigenvalue weighted by atomic mass is 79.9. The Kier molecular flexibility index (Phi) is 4.90. The highest BCUT2D eigenvalue weighted by molar-refractivity contribution is 9.10. The van der Waals surface area contributed by atoms with Gasteiger partial charge in [0, 0.05) is 4.47 Å². The van der Waals surface area contributed by atoms with E-state index in [9.17, 15) is 9.18 Å². The predicted octanol–water partition coefficient (Wildman–Crippen LogP) is 3.48. The Bertz CT molecular complexity index is 713. The second-order valence-corrected chi connectivity index (χ2v) is 4.92. The number of benzene rings is 2. The summed E-state index contributed by atoms with van der Waals surface area (Å²) >= 11 is 3.21. The molecule has 106 valence electrons. The van der Waals surface area contributed by atoms with Crippen LogP contribution in [-0.2, 0) is 4.79 Å². The molecule has 0 aliphatic rings. The van der Waals surface area contributed by atoms with Gasteiger partial charge < -0.3 is 10.1 Å². The summed E-state index contributed by atoms with van der Waals surface area (Å²) in [6.07, 6.45) is 0. The molecule has 6 heteroatoms. The first kappa shape index (κ1) is 15.0. The van der Waals surface area contributed by atoms with E-state index in [1.54, 1.807) is 24.3 Å². The zero-order chi connectivity index (χ0) is 15.2. The third-order valence-corrected chi connectivity index (χ3v) is 3.26. The number of carbonyl (C=O) groups is 1. The number of nitrogens with zero attached hydrogens (tertiary/aromatic N) is 1. The molecule has 21 heavy (non-hydrogen) atoms. The highest BCUT2D eigenvalue weighted by Gasteiger charge is 2.09. The first-order chi connectivity index (χ1) is 10.1. The van der Waals surface area contributed by atoms with Gasteiger partial charge in [0.15, 0.2) is 6.61 Å². The number of hydrogen-bond acceptors (Lipinski definition) is 3. The zero-order valence-electron chi connectivity index (χ0n) is 10.8. The van der Waals surface area contributed by atoms with Crippen LogP contribution in [0.1, 0.15) is 5.56 Å². The van der Waals surface area contributed by atoms with Crippen LogP contribution in [0.4, 0.5) is 10.1 Å². The van der Waals surface area contributed by atoms with E-state index in [1.807, 2.05) is 6.07 Å². The fraction of sp³-hybridized carbons (Fsp3) is 0.0667. The average molecular weight is 349 g/mol. The molecule has 0 unspecified atom stereocenters. The molecule has 1 amide bonds. The minimum absolute atomic E-state index is 0.276. The van der Waals surface area contributed by atoms with E-state index in [0.29, 0.717) is 21.5 Å². The number of nitrogens with one attached hydrogen (secondary N) is 1. The third kappa shape index (κ3) is 4.04. The Morgan fingerprint density at radius 2 is 2.10 bits per heavy atom. The van der Waals surface area contributed by atoms with Gasteiger partial charge in [-0.2, -0.15) is 5.26 Å². The molecule has 0 aliphatic carbocycles. The molecule has 2 aromatic carbocycles. The predicted molar refractivity (Wildman–Crippen MR) is 79.4 cm³/mol. The van der Waals surface area contributed by atoms with Gasteiger partial charge in [0.25, 0.3) is 5.91 Å². The summed E-state index contributed by atoms with van der Waals surface area (Å²) in [4.78, 5) is 11.8. The van der Waals surface area contributed by atoms with Gasteiger partial charge in [-0.15, -0.1) is 0 Å². The van der Waals surface area contributed by atoms with E-state index in [0.717, 1.165) is 0 Å². The quantitative estimate of drug-likeness (QED) is 0.919. The molecule has 0 aromatic heterocycles. The van der Waals surface area contributed by atoms with Gasteiger partial charge in [-0.3, -0.25) is 4.79 Å². The van der Waals surface area contributed by atoms with Crippen LogP contribution < -0.4 is 10.1 Å². The average Bonchev–Trinajstić information content (AvgIpc) is 2.49. The van der Waals surface area contributed by atoms with Gasteiger partial charge in [0.2, 0.25) is 0 Å². The molecule has 2 rings (SSSR count). The lowest BCUT2D eigenvalue weighted by molar-refractivity contribution is -0.118. The lowest BCUT2D eigenvalue weighted by atomic mass is 10.2. The van der Waals surface area contributed by atoms with Crippen molar-refractivity contribution in [1.29, 1.82) is 5.26 Å². The van der Waals surface area contributed by atoms with Crippen LogP contribution in [0.5, 0.6) is 5.75 Å². The normalized spacial score (nSPS) is 9.76. The lowest BCUT2D eigenvalue weighted by Gasteiger charge is -2.09. The third-order valence-electron chi connectivity index (χ3n) is 2.57. The van der Waals surface area contributed by atoms with Gasteiger partial charge in [-0.1, -0.05) is 12.1 Å². The van der Waals surface area contributed by atoms with Crippen molar-refractivity contribution >= 4 is 27.5 Å². The number of hydrogen-bond donors (Lipinski definition) is 1. The number of nitriles is 1. The fourth-order valence-corrected chi connectivity index (χ4v) is 1.95. The van der Waals surface area contributed by atoms with Crippen molar-refractivity contribution in [3.05, 3.63) is 58.3 Å². The summed E-state index contributed by atoms with van der Waals surface area (Å²) in [6.45, 7) is -0.276. The van der Waals surface area contributed by atoms with Crippen LogP contribution in [0.2, 0.25) is 0 Å². The highest BCUT2D eigenvalue weighted by Crippen LogP contribution is 2.23. The Morgan fingerprint density at radius 1 is 1.33 bits per heavy atom.